The van der Waals surface area contributed by atoms with Crippen LogP contribution in [0.5, 0.6) is 0 Å². The molecule has 0 heterocycles. The van der Waals surface area contributed by atoms with Crippen LogP contribution in [-0.4, -0.2) is 17.1 Å². The van der Waals surface area contributed by atoms with Crippen molar-refractivity contribution in [2.75, 3.05) is 0 Å². The molecule has 0 spiro atoms. The van der Waals surface area contributed by atoms with Crippen molar-refractivity contribution in [3.63, 3.8) is 0 Å². The number of nitrogens with two attached hydrogens (primary N) is 1. The summed E-state index contributed by atoms with van der Waals surface area (Å²) in [6.45, 7) is 11.3. The van der Waals surface area contributed by atoms with Crippen LogP contribution in [0.25, 0.3) is 0 Å². The van der Waals surface area contributed by atoms with E-state index in [-0.39, 0.29) is 17.4 Å². The summed E-state index contributed by atoms with van der Waals surface area (Å²) in [6.07, 6.45) is 0.651. The Morgan fingerprint density at radius 2 is 1.71 bits per heavy atom. The summed E-state index contributed by atoms with van der Waals surface area (Å²) < 4.78 is 5.36. The van der Waals surface area contributed by atoms with Crippen LogP contribution in [0, 0.1) is 5.92 Å². The smallest absolute Gasteiger partial charge is 0.308 e. The van der Waals surface area contributed by atoms with Crippen molar-refractivity contribution in [3.8, 4) is 0 Å². The maximum absolute atomic E-state index is 11.4. The predicted octanol–water partition coefficient (Wildman–Crippen LogP) is 2.09. The number of ether oxygens (including phenoxy) is 1. The zero-order valence-corrected chi connectivity index (χ0v) is 10.2. The quantitative estimate of drug-likeness (QED) is 0.709. The molecular formula is C11H23NO2. The Balaban J connectivity index is 4.28. The van der Waals surface area contributed by atoms with Crippen LogP contribution in [0.4, 0.5) is 0 Å². The van der Waals surface area contributed by atoms with Gasteiger partial charge in [0.25, 0.3) is 0 Å². The lowest BCUT2D eigenvalue weighted by atomic mass is 9.90. The third-order valence-corrected chi connectivity index (χ3v) is 1.73. The fourth-order valence-electron chi connectivity index (χ4n) is 1.52. The van der Waals surface area contributed by atoms with Crippen LogP contribution in [-0.2, 0) is 9.53 Å². The van der Waals surface area contributed by atoms with Gasteiger partial charge in [0.1, 0.15) is 5.60 Å². The molecule has 0 amide bonds. The summed E-state index contributed by atoms with van der Waals surface area (Å²) in [5.41, 5.74) is 5.08. The molecule has 0 bridgehead atoms. The van der Waals surface area contributed by atoms with Crippen LogP contribution < -0.4 is 5.73 Å². The first-order chi connectivity index (χ1) is 6.03. The SMILES string of the molecule is CC(C)C(=O)OC(C)(C)CC(C)(C)N. The lowest BCUT2D eigenvalue weighted by Gasteiger charge is -2.32. The summed E-state index contributed by atoms with van der Waals surface area (Å²) in [6, 6.07) is 0. The van der Waals surface area contributed by atoms with E-state index in [4.69, 9.17) is 10.5 Å². The Morgan fingerprint density at radius 1 is 1.29 bits per heavy atom. The second kappa shape index (κ2) is 4.30. The van der Waals surface area contributed by atoms with E-state index in [1.54, 1.807) is 0 Å². The minimum absolute atomic E-state index is 0.0878. The Bertz CT molecular complexity index is 202. The fourth-order valence-corrected chi connectivity index (χ4v) is 1.52. The molecule has 84 valence electrons. The number of hydrogen-bond donors (Lipinski definition) is 1. The molecule has 0 atom stereocenters. The number of esters is 1. The molecule has 0 saturated heterocycles. The molecule has 3 nitrogen and oxygen atoms in total. The molecule has 0 aliphatic carbocycles. The fraction of sp³-hybridized carbons (Fsp3) is 0.909. The zero-order valence-electron chi connectivity index (χ0n) is 10.2. The van der Waals surface area contributed by atoms with E-state index in [2.05, 4.69) is 0 Å². The highest BCUT2D eigenvalue weighted by atomic mass is 16.6. The van der Waals surface area contributed by atoms with Crippen molar-refractivity contribution in [2.24, 2.45) is 11.7 Å². The maximum atomic E-state index is 11.4. The normalized spacial score (nSPS) is 13.1. The lowest BCUT2D eigenvalue weighted by Crippen LogP contribution is -2.43. The van der Waals surface area contributed by atoms with Gasteiger partial charge in [-0.25, -0.2) is 0 Å². The molecule has 0 aromatic carbocycles. The van der Waals surface area contributed by atoms with E-state index in [0.717, 1.165) is 0 Å². The van der Waals surface area contributed by atoms with E-state index >= 15 is 0 Å². The largest absolute Gasteiger partial charge is 0.459 e. The van der Waals surface area contributed by atoms with Crippen LogP contribution in [0.1, 0.15) is 48.0 Å². The van der Waals surface area contributed by atoms with Crippen molar-refractivity contribution in [3.05, 3.63) is 0 Å². The summed E-state index contributed by atoms with van der Waals surface area (Å²) in [4.78, 5) is 11.4. The molecule has 0 aromatic rings. The Hall–Kier alpha value is -0.570. The molecule has 0 saturated carbocycles. The number of carbonyl (C=O) groups excluding carboxylic acids is 1. The van der Waals surface area contributed by atoms with Gasteiger partial charge in [-0.1, -0.05) is 13.8 Å². The molecular weight excluding hydrogens is 178 g/mol. The highest BCUT2D eigenvalue weighted by molar-refractivity contribution is 5.71. The maximum Gasteiger partial charge on any atom is 0.308 e. The topological polar surface area (TPSA) is 52.3 Å². The van der Waals surface area contributed by atoms with Gasteiger partial charge < -0.3 is 10.5 Å². The molecule has 0 aromatic heterocycles. The predicted molar refractivity (Wildman–Crippen MR) is 57.9 cm³/mol. The summed E-state index contributed by atoms with van der Waals surface area (Å²) in [5.74, 6) is -0.255. The third-order valence-electron chi connectivity index (χ3n) is 1.73. The van der Waals surface area contributed by atoms with Gasteiger partial charge in [-0.15, -0.1) is 0 Å². The average molecular weight is 201 g/mol. The minimum atomic E-state index is -0.487. The van der Waals surface area contributed by atoms with Gasteiger partial charge in [-0.3, -0.25) is 4.79 Å². The van der Waals surface area contributed by atoms with Gasteiger partial charge in [-0.2, -0.15) is 0 Å². The molecule has 0 aliphatic rings. The van der Waals surface area contributed by atoms with Crippen molar-refractivity contribution >= 4 is 5.97 Å². The van der Waals surface area contributed by atoms with Crippen LogP contribution in [0.3, 0.4) is 0 Å². The Morgan fingerprint density at radius 3 is 2.00 bits per heavy atom. The van der Waals surface area contributed by atoms with Crippen molar-refractivity contribution in [1.29, 1.82) is 0 Å². The first-order valence-corrected chi connectivity index (χ1v) is 5.05. The average Bonchev–Trinajstić information content (AvgIpc) is 1.78. The van der Waals surface area contributed by atoms with E-state index < -0.39 is 5.60 Å². The molecule has 3 heteroatoms. The second-order valence-electron chi connectivity index (χ2n) is 5.50. The lowest BCUT2D eigenvalue weighted by molar-refractivity contribution is -0.161. The molecule has 2 N–H and O–H groups in total. The van der Waals surface area contributed by atoms with E-state index in [0.29, 0.717) is 6.42 Å². The van der Waals surface area contributed by atoms with Gasteiger partial charge >= 0.3 is 5.97 Å². The minimum Gasteiger partial charge on any atom is -0.459 e. The van der Waals surface area contributed by atoms with Gasteiger partial charge in [0.15, 0.2) is 0 Å². The molecule has 0 unspecified atom stereocenters. The zero-order chi connectivity index (χ0) is 11.6. The van der Waals surface area contributed by atoms with Crippen molar-refractivity contribution in [2.45, 2.75) is 59.1 Å². The number of carbonyl (C=O) groups is 1. The van der Waals surface area contributed by atoms with E-state index in [1.165, 1.54) is 0 Å². The van der Waals surface area contributed by atoms with Gasteiger partial charge in [-0.05, 0) is 27.7 Å². The molecule has 14 heavy (non-hydrogen) atoms. The van der Waals surface area contributed by atoms with Crippen LogP contribution >= 0.6 is 0 Å². The summed E-state index contributed by atoms with van der Waals surface area (Å²) in [7, 11) is 0. The summed E-state index contributed by atoms with van der Waals surface area (Å²) in [5, 5.41) is 0. The number of rotatable bonds is 4. The van der Waals surface area contributed by atoms with Gasteiger partial charge in [0, 0.05) is 12.0 Å². The molecule has 0 rings (SSSR count). The van der Waals surface area contributed by atoms with E-state index in [1.807, 2.05) is 41.5 Å². The van der Waals surface area contributed by atoms with E-state index in [9.17, 15) is 4.79 Å². The van der Waals surface area contributed by atoms with Crippen molar-refractivity contribution in [1.82, 2.24) is 0 Å². The molecule has 0 radical (unpaired) electrons. The highest BCUT2D eigenvalue weighted by Crippen LogP contribution is 2.22. The summed E-state index contributed by atoms with van der Waals surface area (Å²) >= 11 is 0. The molecule has 0 fully saturated rings. The Labute approximate surface area is 87.0 Å². The third kappa shape index (κ3) is 5.97. The van der Waals surface area contributed by atoms with Crippen molar-refractivity contribution < 1.29 is 9.53 Å². The monoisotopic (exact) mass is 201 g/mol. The standard InChI is InChI=1S/C11H23NO2/c1-8(2)9(13)14-11(5,6)7-10(3,4)12/h8H,7,12H2,1-6H3. The number of hydrogen-bond acceptors (Lipinski definition) is 3. The second-order valence-corrected chi connectivity index (χ2v) is 5.50. The molecule has 0 aliphatic heterocycles. The Kier molecular flexibility index (Phi) is 4.13. The van der Waals surface area contributed by atoms with Gasteiger partial charge in [0.2, 0.25) is 0 Å². The first kappa shape index (κ1) is 13.4. The first-order valence-electron chi connectivity index (χ1n) is 5.05. The van der Waals surface area contributed by atoms with Crippen LogP contribution in [0.15, 0.2) is 0 Å². The van der Waals surface area contributed by atoms with Crippen LogP contribution in [0.2, 0.25) is 0 Å². The van der Waals surface area contributed by atoms with Gasteiger partial charge in [0.05, 0.1) is 5.92 Å². The highest BCUT2D eigenvalue weighted by Gasteiger charge is 2.29.